The molecule has 2 aromatic rings. The third-order valence-corrected chi connectivity index (χ3v) is 6.35. The number of alkyl carbamates (subject to hydrolysis) is 1. The summed E-state index contributed by atoms with van der Waals surface area (Å²) in [6.45, 7) is 4.03. The molecular formula is C25H28N2O5. The van der Waals surface area contributed by atoms with Crippen molar-refractivity contribution in [3.8, 4) is 11.1 Å². The summed E-state index contributed by atoms with van der Waals surface area (Å²) >= 11 is 0. The highest BCUT2D eigenvalue weighted by Gasteiger charge is 2.38. The molecule has 7 heteroatoms. The highest BCUT2D eigenvalue weighted by Crippen LogP contribution is 2.44. The van der Waals surface area contributed by atoms with E-state index in [1.165, 1.54) is 4.90 Å². The number of carbonyl (C=O) groups excluding carboxylic acids is 2. The van der Waals surface area contributed by atoms with Gasteiger partial charge in [-0.15, -0.1) is 0 Å². The molecule has 2 N–H and O–H groups in total. The molecule has 1 atom stereocenters. The summed E-state index contributed by atoms with van der Waals surface area (Å²) in [4.78, 5) is 38.4. The van der Waals surface area contributed by atoms with Gasteiger partial charge in [0.15, 0.2) is 0 Å². The Labute approximate surface area is 187 Å². The Bertz CT molecular complexity index is 1000. The minimum atomic E-state index is -1.21. The first kappa shape index (κ1) is 21.9. The van der Waals surface area contributed by atoms with Gasteiger partial charge in [0.25, 0.3) is 0 Å². The molecule has 4 rings (SSSR count). The van der Waals surface area contributed by atoms with Crippen molar-refractivity contribution < 1.29 is 24.2 Å². The second-order valence-corrected chi connectivity index (χ2v) is 9.00. The number of fused-ring (bicyclic) bond motifs is 3. The molecule has 0 saturated carbocycles. The van der Waals surface area contributed by atoms with Gasteiger partial charge in [-0.25, -0.2) is 4.79 Å². The summed E-state index contributed by atoms with van der Waals surface area (Å²) in [5.74, 6) is -1.84. The zero-order valence-electron chi connectivity index (χ0n) is 18.3. The number of likely N-dealkylation sites (tertiary alicyclic amines) is 1. The fourth-order valence-electron chi connectivity index (χ4n) is 4.70. The highest BCUT2D eigenvalue weighted by molar-refractivity contribution is 5.89. The third-order valence-electron chi connectivity index (χ3n) is 6.35. The first-order valence-electron chi connectivity index (χ1n) is 10.9. The van der Waals surface area contributed by atoms with Crippen molar-refractivity contribution in [2.45, 2.75) is 38.1 Å². The third kappa shape index (κ3) is 4.20. The topological polar surface area (TPSA) is 95.9 Å². The minimum Gasteiger partial charge on any atom is -0.481 e. The lowest BCUT2D eigenvalue weighted by Gasteiger charge is -2.36. The van der Waals surface area contributed by atoms with E-state index in [2.05, 4.69) is 17.4 Å². The van der Waals surface area contributed by atoms with E-state index in [9.17, 15) is 19.5 Å². The fourth-order valence-corrected chi connectivity index (χ4v) is 4.70. The van der Waals surface area contributed by atoms with Gasteiger partial charge in [-0.05, 0) is 48.9 Å². The van der Waals surface area contributed by atoms with E-state index in [1.54, 1.807) is 13.8 Å². The quantitative estimate of drug-likeness (QED) is 0.746. The van der Waals surface area contributed by atoms with Crippen LogP contribution in [0.1, 0.15) is 43.7 Å². The van der Waals surface area contributed by atoms with Crippen LogP contribution in [0.5, 0.6) is 0 Å². The van der Waals surface area contributed by atoms with Crippen LogP contribution < -0.4 is 5.32 Å². The molecule has 2 aromatic carbocycles. The number of carboxylic acids is 1. The molecule has 1 fully saturated rings. The van der Waals surface area contributed by atoms with Crippen molar-refractivity contribution in [2.75, 3.05) is 19.7 Å². The smallest absolute Gasteiger partial charge is 0.408 e. The van der Waals surface area contributed by atoms with Crippen LogP contribution in [0.4, 0.5) is 4.79 Å². The Kier molecular flexibility index (Phi) is 5.91. The molecule has 0 bridgehead atoms. The van der Waals surface area contributed by atoms with E-state index in [1.807, 2.05) is 36.4 Å². The molecule has 2 amide bonds. The van der Waals surface area contributed by atoms with Gasteiger partial charge < -0.3 is 20.1 Å². The normalized spacial score (nSPS) is 17.9. The summed E-state index contributed by atoms with van der Waals surface area (Å²) in [5.41, 5.74) is 3.31. The largest absolute Gasteiger partial charge is 0.481 e. The number of aliphatic carboxylic acids is 1. The molecule has 1 heterocycles. The van der Waals surface area contributed by atoms with Gasteiger partial charge in [0.05, 0.1) is 5.92 Å². The lowest BCUT2D eigenvalue weighted by atomic mass is 9.95. The Balaban J connectivity index is 1.40. The standard InChI is InChI=1S/C25H28N2O5/c1-25(2,23(30)27-13-7-8-16(14-27)22(28)29)26-24(31)32-15-21-19-11-5-3-9-17(19)18-10-4-6-12-20(18)21/h3-6,9-12,16,21H,7-8,13-15H2,1-2H3,(H,26,31)(H,28,29)/t16-/m0/s1. The van der Waals surface area contributed by atoms with Gasteiger partial charge in [0.1, 0.15) is 12.1 Å². The fraction of sp³-hybridized carbons (Fsp3) is 0.400. The van der Waals surface area contributed by atoms with Crippen molar-refractivity contribution in [3.63, 3.8) is 0 Å². The van der Waals surface area contributed by atoms with Crippen LogP contribution in [0.25, 0.3) is 11.1 Å². The number of amides is 2. The predicted molar refractivity (Wildman–Crippen MR) is 119 cm³/mol. The van der Waals surface area contributed by atoms with Crippen LogP contribution in [0.15, 0.2) is 48.5 Å². The summed E-state index contributed by atoms with van der Waals surface area (Å²) in [5, 5.41) is 11.9. The van der Waals surface area contributed by atoms with Crippen LogP contribution in [0.2, 0.25) is 0 Å². The molecule has 168 valence electrons. The highest BCUT2D eigenvalue weighted by atomic mass is 16.5. The average Bonchev–Trinajstić information content (AvgIpc) is 3.10. The zero-order valence-corrected chi connectivity index (χ0v) is 18.3. The van der Waals surface area contributed by atoms with E-state index >= 15 is 0 Å². The van der Waals surface area contributed by atoms with E-state index in [0.29, 0.717) is 19.4 Å². The van der Waals surface area contributed by atoms with Gasteiger partial charge >= 0.3 is 12.1 Å². The molecule has 1 aliphatic carbocycles. The molecular weight excluding hydrogens is 408 g/mol. The second-order valence-electron chi connectivity index (χ2n) is 9.00. The Morgan fingerprint density at radius 1 is 1.06 bits per heavy atom. The van der Waals surface area contributed by atoms with Crippen molar-refractivity contribution in [1.29, 1.82) is 0 Å². The van der Waals surface area contributed by atoms with Crippen molar-refractivity contribution in [1.82, 2.24) is 10.2 Å². The molecule has 32 heavy (non-hydrogen) atoms. The molecule has 7 nitrogen and oxygen atoms in total. The van der Waals surface area contributed by atoms with Crippen LogP contribution in [0, 0.1) is 5.92 Å². The first-order valence-corrected chi connectivity index (χ1v) is 10.9. The number of nitrogens with one attached hydrogen (secondary N) is 1. The number of carboxylic acid groups (broad SMARTS) is 1. The zero-order chi connectivity index (χ0) is 22.9. The number of hydrogen-bond acceptors (Lipinski definition) is 4. The Morgan fingerprint density at radius 3 is 2.25 bits per heavy atom. The number of carbonyl (C=O) groups is 3. The second kappa shape index (κ2) is 8.65. The van der Waals surface area contributed by atoms with E-state index in [4.69, 9.17) is 4.74 Å². The van der Waals surface area contributed by atoms with E-state index < -0.39 is 23.5 Å². The molecule has 0 aromatic heterocycles. The van der Waals surface area contributed by atoms with Crippen molar-refractivity contribution in [2.24, 2.45) is 5.92 Å². The van der Waals surface area contributed by atoms with Gasteiger partial charge in [0.2, 0.25) is 5.91 Å². The number of ether oxygens (including phenoxy) is 1. The number of rotatable bonds is 5. The van der Waals surface area contributed by atoms with Crippen LogP contribution >= 0.6 is 0 Å². The Hall–Kier alpha value is -3.35. The average molecular weight is 437 g/mol. The number of hydrogen-bond donors (Lipinski definition) is 2. The van der Waals surface area contributed by atoms with Crippen molar-refractivity contribution >= 4 is 18.0 Å². The molecule has 2 aliphatic rings. The molecule has 0 radical (unpaired) electrons. The maximum Gasteiger partial charge on any atom is 0.408 e. The lowest BCUT2D eigenvalue weighted by molar-refractivity contribution is -0.147. The van der Waals surface area contributed by atoms with Gasteiger partial charge in [-0.3, -0.25) is 9.59 Å². The summed E-state index contributed by atoms with van der Waals surface area (Å²) in [7, 11) is 0. The number of nitrogens with zero attached hydrogens (tertiary/aromatic N) is 1. The van der Waals surface area contributed by atoms with Gasteiger partial charge in [0, 0.05) is 19.0 Å². The van der Waals surface area contributed by atoms with E-state index in [0.717, 1.165) is 22.3 Å². The maximum atomic E-state index is 13.0. The molecule has 1 aliphatic heterocycles. The summed E-state index contributed by atoms with van der Waals surface area (Å²) in [6, 6.07) is 16.2. The van der Waals surface area contributed by atoms with Crippen LogP contribution in [-0.2, 0) is 14.3 Å². The maximum absolute atomic E-state index is 13.0. The molecule has 0 spiro atoms. The summed E-state index contributed by atoms with van der Waals surface area (Å²) < 4.78 is 5.56. The monoisotopic (exact) mass is 436 g/mol. The van der Waals surface area contributed by atoms with Gasteiger partial charge in [-0.1, -0.05) is 48.5 Å². The SMILES string of the molecule is CC(C)(NC(=O)OCC1c2ccccc2-c2ccccc21)C(=O)N1CCC[C@H](C(=O)O)C1. The van der Waals surface area contributed by atoms with Crippen molar-refractivity contribution in [3.05, 3.63) is 59.7 Å². The minimum absolute atomic E-state index is 0.0645. The van der Waals surface area contributed by atoms with Crippen LogP contribution in [-0.4, -0.2) is 53.2 Å². The first-order chi connectivity index (χ1) is 15.3. The number of piperidine rings is 1. The number of benzene rings is 2. The molecule has 0 unspecified atom stereocenters. The molecule has 1 saturated heterocycles. The lowest BCUT2D eigenvalue weighted by Crippen LogP contribution is -2.58. The van der Waals surface area contributed by atoms with E-state index in [-0.39, 0.29) is 25.0 Å². The van der Waals surface area contributed by atoms with Gasteiger partial charge in [-0.2, -0.15) is 0 Å². The predicted octanol–water partition coefficient (Wildman–Crippen LogP) is 3.63. The summed E-state index contributed by atoms with van der Waals surface area (Å²) in [6.07, 6.45) is 0.514. The van der Waals surface area contributed by atoms with Crippen LogP contribution in [0.3, 0.4) is 0 Å². The Morgan fingerprint density at radius 2 is 1.66 bits per heavy atom.